The van der Waals surface area contributed by atoms with Crippen LogP contribution in [0.5, 0.6) is 0 Å². The lowest BCUT2D eigenvalue weighted by atomic mass is 9.94. The monoisotopic (exact) mass is 366 g/mol. The van der Waals surface area contributed by atoms with Crippen LogP contribution in [-0.2, 0) is 33.8 Å². The number of likely N-dealkylation sites (tertiary alicyclic amines) is 1. The fourth-order valence-electron chi connectivity index (χ4n) is 3.62. The molecule has 3 rings (SSSR count). The van der Waals surface area contributed by atoms with E-state index in [9.17, 15) is 4.79 Å². The highest BCUT2D eigenvalue weighted by Gasteiger charge is 2.21. The number of nitrogens with zero attached hydrogens (tertiary/aromatic N) is 4. The van der Waals surface area contributed by atoms with E-state index >= 15 is 0 Å². The SMILES string of the molecule is CN1CCC(Cc2nc(COCC3CCCCO3)n(CC(=O)O)n2)CC1. The highest BCUT2D eigenvalue weighted by molar-refractivity contribution is 5.66. The zero-order valence-corrected chi connectivity index (χ0v) is 15.6. The molecule has 0 saturated carbocycles. The third-order valence-corrected chi connectivity index (χ3v) is 5.20. The van der Waals surface area contributed by atoms with Gasteiger partial charge in [0, 0.05) is 13.0 Å². The second-order valence-corrected chi connectivity index (χ2v) is 7.45. The van der Waals surface area contributed by atoms with Crippen LogP contribution in [0.3, 0.4) is 0 Å². The Morgan fingerprint density at radius 3 is 2.81 bits per heavy atom. The highest BCUT2D eigenvalue weighted by Crippen LogP contribution is 2.20. The Hall–Kier alpha value is -1.51. The Labute approximate surface area is 154 Å². The van der Waals surface area contributed by atoms with Crippen LogP contribution in [0.25, 0.3) is 0 Å². The van der Waals surface area contributed by atoms with E-state index < -0.39 is 5.97 Å². The first kappa shape index (κ1) is 19.3. The summed E-state index contributed by atoms with van der Waals surface area (Å²) in [5.41, 5.74) is 0. The maximum atomic E-state index is 11.1. The summed E-state index contributed by atoms with van der Waals surface area (Å²) in [4.78, 5) is 18.0. The maximum Gasteiger partial charge on any atom is 0.325 e. The second kappa shape index (κ2) is 9.43. The Morgan fingerprint density at radius 2 is 2.12 bits per heavy atom. The van der Waals surface area contributed by atoms with Gasteiger partial charge in [-0.05, 0) is 58.2 Å². The molecule has 1 unspecified atom stereocenters. The molecule has 3 heterocycles. The molecule has 8 heteroatoms. The zero-order chi connectivity index (χ0) is 18.4. The fourth-order valence-corrected chi connectivity index (χ4v) is 3.62. The lowest BCUT2D eigenvalue weighted by molar-refractivity contribution is -0.138. The molecule has 1 aromatic rings. The van der Waals surface area contributed by atoms with Crippen LogP contribution in [0.1, 0.15) is 43.8 Å². The summed E-state index contributed by atoms with van der Waals surface area (Å²) < 4.78 is 12.9. The number of hydrogen-bond acceptors (Lipinski definition) is 6. The topological polar surface area (TPSA) is 89.7 Å². The van der Waals surface area contributed by atoms with Gasteiger partial charge in [0.15, 0.2) is 11.6 Å². The van der Waals surface area contributed by atoms with Gasteiger partial charge in [-0.2, -0.15) is 5.10 Å². The largest absolute Gasteiger partial charge is 0.480 e. The number of rotatable bonds is 8. The first-order valence-corrected chi connectivity index (χ1v) is 9.62. The Bertz CT molecular complexity index is 578. The van der Waals surface area contributed by atoms with E-state index in [4.69, 9.17) is 14.6 Å². The lowest BCUT2D eigenvalue weighted by Gasteiger charge is -2.28. The molecular weight excluding hydrogens is 336 g/mol. The van der Waals surface area contributed by atoms with E-state index in [2.05, 4.69) is 22.0 Å². The molecule has 0 aromatic carbocycles. The summed E-state index contributed by atoms with van der Waals surface area (Å²) >= 11 is 0. The number of piperidine rings is 1. The average Bonchev–Trinajstić information content (AvgIpc) is 2.98. The molecule has 1 N–H and O–H groups in total. The summed E-state index contributed by atoms with van der Waals surface area (Å²) in [6.45, 7) is 3.59. The van der Waals surface area contributed by atoms with Gasteiger partial charge in [-0.25, -0.2) is 9.67 Å². The second-order valence-electron chi connectivity index (χ2n) is 7.45. The molecule has 2 saturated heterocycles. The predicted octanol–water partition coefficient (Wildman–Crippen LogP) is 1.33. The van der Waals surface area contributed by atoms with Crippen LogP contribution in [0, 0.1) is 5.92 Å². The van der Waals surface area contributed by atoms with Gasteiger partial charge in [0.25, 0.3) is 0 Å². The van der Waals surface area contributed by atoms with E-state index in [0.717, 1.165) is 57.6 Å². The molecule has 146 valence electrons. The van der Waals surface area contributed by atoms with Gasteiger partial charge in [-0.3, -0.25) is 4.79 Å². The molecule has 0 spiro atoms. The van der Waals surface area contributed by atoms with Crippen LogP contribution in [-0.4, -0.2) is 70.2 Å². The minimum absolute atomic E-state index is 0.137. The Morgan fingerprint density at radius 1 is 1.31 bits per heavy atom. The summed E-state index contributed by atoms with van der Waals surface area (Å²) in [7, 11) is 2.14. The third-order valence-electron chi connectivity index (χ3n) is 5.20. The van der Waals surface area contributed by atoms with Gasteiger partial charge >= 0.3 is 5.97 Å². The summed E-state index contributed by atoms with van der Waals surface area (Å²) in [6, 6.07) is 0. The van der Waals surface area contributed by atoms with Crippen LogP contribution >= 0.6 is 0 Å². The Kier molecular flexibility index (Phi) is 6.99. The third kappa shape index (κ3) is 5.75. The quantitative estimate of drug-likeness (QED) is 0.742. The minimum Gasteiger partial charge on any atom is -0.480 e. The van der Waals surface area contributed by atoms with Gasteiger partial charge in [0.2, 0.25) is 0 Å². The van der Waals surface area contributed by atoms with Crippen molar-refractivity contribution in [1.82, 2.24) is 19.7 Å². The molecule has 1 aromatic heterocycles. The Balaban J connectivity index is 1.55. The molecule has 0 bridgehead atoms. The standard InChI is InChI=1S/C18H30N4O4/c1-21-7-5-14(6-8-21)10-16-19-17(22(20-16)11-18(23)24)13-25-12-15-4-2-3-9-26-15/h14-15H,2-13H2,1H3,(H,23,24). The van der Waals surface area contributed by atoms with Crippen molar-refractivity contribution < 1.29 is 19.4 Å². The van der Waals surface area contributed by atoms with Crippen molar-refractivity contribution in [2.24, 2.45) is 5.92 Å². The molecule has 1 atom stereocenters. The number of carboxylic acids is 1. The van der Waals surface area contributed by atoms with E-state index in [1.807, 2.05) is 0 Å². The summed E-state index contributed by atoms with van der Waals surface area (Å²) in [6.07, 6.45) is 6.51. The molecule has 2 aliphatic rings. The smallest absolute Gasteiger partial charge is 0.325 e. The van der Waals surface area contributed by atoms with Gasteiger partial charge < -0.3 is 19.5 Å². The van der Waals surface area contributed by atoms with Crippen molar-refractivity contribution in [2.45, 2.75) is 57.8 Å². The summed E-state index contributed by atoms with van der Waals surface area (Å²) in [5.74, 6) is 0.966. The molecule has 26 heavy (non-hydrogen) atoms. The highest BCUT2D eigenvalue weighted by atomic mass is 16.5. The van der Waals surface area contributed by atoms with Crippen molar-refractivity contribution in [3.05, 3.63) is 11.6 Å². The molecule has 0 amide bonds. The van der Waals surface area contributed by atoms with Gasteiger partial charge in [-0.1, -0.05) is 0 Å². The molecular formula is C18H30N4O4. The lowest BCUT2D eigenvalue weighted by Crippen LogP contribution is -2.31. The van der Waals surface area contributed by atoms with Crippen LogP contribution < -0.4 is 0 Å². The van der Waals surface area contributed by atoms with Gasteiger partial charge in [-0.15, -0.1) is 0 Å². The number of carboxylic acid groups (broad SMARTS) is 1. The molecule has 0 aliphatic carbocycles. The van der Waals surface area contributed by atoms with Crippen molar-refractivity contribution >= 4 is 5.97 Å². The van der Waals surface area contributed by atoms with Crippen molar-refractivity contribution in [3.8, 4) is 0 Å². The van der Waals surface area contributed by atoms with E-state index in [1.165, 1.54) is 11.1 Å². The zero-order valence-electron chi connectivity index (χ0n) is 15.6. The van der Waals surface area contributed by atoms with E-state index in [1.54, 1.807) is 0 Å². The van der Waals surface area contributed by atoms with Crippen LogP contribution in [0.4, 0.5) is 0 Å². The normalized spacial score (nSPS) is 22.6. The summed E-state index contributed by atoms with van der Waals surface area (Å²) in [5, 5.41) is 13.6. The predicted molar refractivity (Wildman–Crippen MR) is 94.8 cm³/mol. The molecule has 0 radical (unpaired) electrons. The number of ether oxygens (including phenoxy) is 2. The minimum atomic E-state index is -0.919. The average molecular weight is 366 g/mol. The number of carbonyl (C=O) groups is 1. The van der Waals surface area contributed by atoms with Crippen LogP contribution in [0.15, 0.2) is 0 Å². The van der Waals surface area contributed by atoms with E-state index in [0.29, 0.717) is 18.3 Å². The first-order valence-electron chi connectivity index (χ1n) is 9.62. The van der Waals surface area contributed by atoms with Crippen molar-refractivity contribution in [2.75, 3.05) is 33.4 Å². The molecule has 8 nitrogen and oxygen atoms in total. The van der Waals surface area contributed by atoms with Crippen molar-refractivity contribution in [1.29, 1.82) is 0 Å². The number of hydrogen-bond donors (Lipinski definition) is 1. The van der Waals surface area contributed by atoms with Crippen LogP contribution in [0.2, 0.25) is 0 Å². The fraction of sp³-hybridized carbons (Fsp3) is 0.833. The van der Waals surface area contributed by atoms with E-state index in [-0.39, 0.29) is 19.3 Å². The number of aromatic nitrogens is 3. The molecule has 2 fully saturated rings. The van der Waals surface area contributed by atoms with Crippen molar-refractivity contribution in [3.63, 3.8) is 0 Å². The first-order chi connectivity index (χ1) is 12.6. The maximum absolute atomic E-state index is 11.1. The van der Waals surface area contributed by atoms with Gasteiger partial charge in [0.1, 0.15) is 13.2 Å². The number of aliphatic carboxylic acids is 1. The molecule has 2 aliphatic heterocycles. The van der Waals surface area contributed by atoms with Gasteiger partial charge in [0.05, 0.1) is 12.7 Å².